The molecule has 0 saturated carbocycles. The lowest BCUT2D eigenvalue weighted by Crippen LogP contribution is -2.40. The summed E-state index contributed by atoms with van der Waals surface area (Å²) in [6.07, 6.45) is 1.12. The molecule has 4 nitrogen and oxygen atoms in total. The third-order valence-corrected chi connectivity index (χ3v) is 3.32. The van der Waals surface area contributed by atoms with E-state index in [4.69, 9.17) is 5.11 Å². The van der Waals surface area contributed by atoms with Gasteiger partial charge in [-0.15, -0.1) is 0 Å². The molecule has 1 heterocycles. The van der Waals surface area contributed by atoms with Crippen LogP contribution in [-0.2, 0) is 4.79 Å². The molecule has 0 bridgehead atoms. The van der Waals surface area contributed by atoms with Crippen molar-refractivity contribution in [2.24, 2.45) is 5.92 Å². The van der Waals surface area contributed by atoms with Gasteiger partial charge in [0.25, 0.3) is 0 Å². The number of rotatable bonds is 4. The molecule has 1 aliphatic heterocycles. The number of nitrogens with one attached hydrogen (secondary N) is 1. The summed E-state index contributed by atoms with van der Waals surface area (Å²) < 4.78 is 0. The van der Waals surface area contributed by atoms with Crippen molar-refractivity contribution < 1.29 is 9.90 Å². The molecule has 0 aromatic carbocycles. The third kappa shape index (κ3) is 2.45. The lowest BCUT2D eigenvalue weighted by atomic mass is 10.0. The number of aliphatic carboxylic acids is 1. The first-order valence-corrected chi connectivity index (χ1v) is 5.20. The Bertz CT molecular complexity index is 208. The maximum Gasteiger partial charge on any atom is 0.307 e. The van der Waals surface area contributed by atoms with E-state index in [1.54, 1.807) is 6.92 Å². The predicted molar refractivity (Wildman–Crippen MR) is 55.3 cm³/mol. The van der Waals surface area contributed by atoms with Crippen LogP contribution in [0.4, 0.5) is 0 Å². The minimum atomic E-state index is -0.703. The van der Waals surface area contributed by atoms with E-state index in [0.29, 0.717) is 6.04 Å². The van der Waals surface area contributed by atoms with Crippen LogP contribution in [0.1, 0.15) is 20.3 Å². The minimum absolute atomic E-state index is 0.130. The van der Waals surface area contributed by atoms with Gasteiger partial charge < -0.3 is 10.4 Å². The van der Waals surface area contributed by atoms with E-state index in [1.165, 1.54) is 0 Å². The fourth-order valence-electron chi connectivity index (χ4n) is 1.92. The molecule has 1 aliphatic rings. The Labute approximate surface area is 85.3 Å². The normalized spacial score (nSPS) is 27.5. The second-order valence-electron chi connectivity index (χ2n) is 4.14. The molecule has 1 saturated heterocycles. The van der Waals surface area contributed by atoms with Gasteiger partial charge in [0.05, 0.1) is 5.92 Å². The van der Waals surface area contributed by atoms with Crippen LogP contribution in [0.3, 0.4) is 0 Å². The number of likely N-dealkylation sites (tertiary alicyclic amines) is 1. The van der Waals surface area contributed by atoms with E-state index in [1.807, 2.05) is 14.0 Å². The molecule has 1 fully saturated rings. The van der Waals surface area contributed by atoms with Crippen molar-refractivity contribution in [3.63, 3.8) is 0 Å². The van der Waals surface area contributed by atoms with Crippen molar-refractivity contribution in [2.45, 2.75) is 32.4 Å². The Morgan fingerprint density at radius 3 is 2.64 bits per heavy atom. The SMILES string of the molecule is CNC1CCN(C(C)C(C)C(=O)O)C1. The number of nitrogens with zero attached hydrogens (tertiary/aromatic N) is 1. The number of likely N-dealkylation sites (N-methyl/N-ethyl adjacent to an activating group) is 1. The van der Waals surface area contributed by atoms with Crippen LogP contribution in [-0.4, -0.2) is 48.2 Å². The highest BCUT2D eigenvalue weighted by molar-refractivity contribution is 5.70. The fraction of sp³-hybridized carbons (Fsp3) is 0.900. The zero-order chi connectivity index (χ0) is 10.7. The number of carboxylic acids is 1. The lowest BCUT2D eigenvalue weighted by molar-refractivity contribution is -0.143. The molecule has 0 aliphatic carbocycles. The van der Waals surface area contributed by atoms with Crippen molar-refractivity contribution in [2.75, 3.05) is 20.1 Å². The molecule has 3 unspecified atom stereocenters. The topological polar surface area (TPSA) is 52.6 Å². The van der Waals surface area contributed by atoms with Crippen LogP contribution in [0.5, 0.6) is 0 Å². The van der Waals surface area contributed by atoms with Gasteiger partial charge in [-0.2, -0.15) is 0 Å². The Hall–Kier alpha value is -0.610. The molecule has 0 aromatic rings. The van der Waals surface area contributed by atoms with Gasteiger partial charge in [-0.3, -0.25) is 9.69 Å². The molecule has 0 spiro atoms. The van der Waals surface area contributed by atoms with Gasteiger partial charge in [0.15, 0.2) is 0 Å². The van der Waals surface area contributed by atoms with Crippen molar-refractivity contribution in [3.8, 4) is 0 Å². The summed E-state index contributed by atoms with van der Waals surface area (Å²) in [6, 6.07) is 0.657. The maximum absolute atomic E-state index is 10.8. The zero-order valence-electron chi connectivity index (χ0n) is 9.16. The molecule has 82 valence electrons. The summed E-state index contributed by atoms with van der Waals surface area (Å²) in [6.45, 7) is 5.75. The first kappa shape index (κ1) is 11.5. The van der Waals surface area contributed by atoms with Crippen LogP contribution >= 0.6 is 0 Å². The second kappa shape index (κ2) is 4.75. The van der Waals surface area contributed by atoms with Gasteiger partial charge in [0.2, 0.25) is 0 Å². The molecule has 4 heteroatoms. The van der Waals surface area contributed by atoms with E-state index >= 15 is 0 Å². The van der Waals surface area contributed by atoms with E-state index in [2.05, 4.69) is 10.2 Å². The van der Waals surface area contributed by atoms with E-state index in [0.717, 1.165) is 19.5 Å². The second-order valence-corrected chi connectivity index (χ2v) is 4.14. The number of hydrogen-bond acceptors (Lipinski definition) is 3. The van der Waals surface area contributed by atoms with Crippen molar-refractivity contribution in [3.05, 3.63) is 0 Å². The molecule has 0 amide bonds. The largest absolute Gasteiger partial charge is 0.481 e. The van der Waals surface area contributed by atoms with Crippen LogP contribution in [0, 0.1) is 5.92 Å². The highest BCUT2D eigenvalue weighted by Gasteiger charge is 2.30. The summed E-state index contributed by atoms with van der Waals surface area (Å²) in [5, 5.41) is 12.1. The molecule has 2 N–H and O–H groups in total. The Morgan fingerprint density at radius 1 is 1.57 bits per heavy atom. The number of carboxylic acid groups (broad SMARTS) is 1. The lowest BCUT2D eigenvalue weighted by Gasteiger charge is -2.27. The standard InChI is InChI=1S/C10H20N2O2/c1-7(10(13)14)8(2)12-5-4-9(6-12)11-3/h7-9,11H,4-6H2,1-3H3,(H,13,14). The first-order chi connectivity index (χ1) is 6.56. The monoisotopic (exact) mass is 200 g/mol. The molecular formula is C10H20N2O2. The molecule has 14 heavy (non-hydrogen) atoms. The molecule has 0 aromatic heterocycles. The van der Waals surface area contributed by atoms with Gasteiger partial charge >= 0.3 is 5.97 Å². The average molecular weight is 200 g/mol. The van der Waals surface area contributed by atoms with Crippen molar-refractivity contribution >= 4 is 5.97 Å². The summed E-state index contributed by atoms with van der Waals surface area (Å²) in [5.41, 5.74) is 0. The number of hydrogen-bond donors (Lipinski definition) is 2. The Morgan fingerprint density at radius 2 is 2.21 bits per heavy atom. The van der Waals surface area contributed by atoms with Crippen LogP contribution in [0.15, 0.2) is 0 Å². The fourth-order valence-corrected chi connectivity index (χ4v) is 1.92. The summed E-state index contributed by atoms with van der Waals surface area (Å²) in [4.78, 5) is 13.1. The third-order valence-electron chi connectivity index (χ3n) is 3.32. The van der Waals surface area contributed by atoms with E-state index in [-0.39, 0.29) is 12.0 Å². The highest BCUT2D eigenvalue weighted by atomic mass is 16.4. The van der Waals surface area contributed by atoms with E-state index < -0.39 is 5.97 Å². The molecule has 1 rings (SSSR count). The van der Waals surface area contributed by atoms with Crippen LogP contribution in [0.2, 0.25) is 0 Å². The highest BCUT2D eigenvalue weighted by Crippen LogP contribution is 2.17. The van der Waals surface area contributed by atoms with Crippen LogP contribution < -0.4 is 5.32 Å². The molecule has 0 radical (unpaired) electrons. The maximum atomic E-state index is 10.8. The number of carbonyl (C=O) groups is 1. The van der Waals surface area contributed by atoms with E-state index in [9.17, 15) is 4.79 Å². The first-order valence-electron chi connectivity index (χ1n) is 5.20. The summed E-state index contributed by atoms with van der Waals surface area (Å²) >= 11 is 0. The van der Waals surface area contributed by atoms with Gasteiger partial charge in [-0.05, 0) is 20.4 Å². The Balaban J connectivity index is 2.46. The Kier molecular flexibility index (Phi) is 3.89. The van der Waals surface area contributed by atoms with Gasteiger partial charge in [-0.25, -0.2) is 0 Å². The molecule has 3 atom stereocenters. The van der Waals surface area contributed by atoms with Gasteiger partial charge in [-0.1, -0.05) is 6.92 Å². The van der Waals surface area contributed by atoms with Crippen molar-refractivity contribution in [1.82, 2.24) is 10.2 Å². The average Bonchev–Trinajstić information content (AvgIpc) is 2.63. The van der Waals surface area contributed by atoms with Gasteiger partial charge in [0.1, 0.15) is 0 Å². The van der Waals surface area contributed by atoms with Gasteiger partial charge in [0, 0.05) is 25.2 Å². The van der Waals surface area contributed by atoms with Crippen LogP contribution in [0.25, 0.3) is 0 Å². The quantitative estimate of drug-likeness (QED) is 0.689. The predicted octanol–water partition coefficient (Wildman–Crippen LogP) is 0.389. The zero-order valence-corrected chi connectivity index (χ0v) is 9.16. The summed E-state index contributed by atoms with van der Waals surface area (Å²) in [5.74, 6) is -0.990. The van der Waals surface area contributed by atoms with Crippen molar-refractivity contribution in [1.29, 1.82) is 0 Å². The summed E-state index contributed by atoms with van der Waals surface area (Å²) in [7, 11) is 1.96. The molecular weight excluding hydrogens is 180 g/mol. The minimum Gasteiger partial charge on any atom is -0.481 e. The smallest absolute Gasteiger partial charge is 0.307 e.